The molecule has 208 valence electrons. The minimum atomic E-state index is -0.986. The lowest BCUT2D eigenvalue weighted by atomic mass is 9.89. The molecule has 1 heterocycles. The van der Waals surface area contributed by atoms with Gasteiger partial charge in [-0.05, 0) is 114 Å². The maximum Gasteiger partial charge on any atom is 0.253 e. The van der Waals surface area contributed by atoms with Crippen LogP contribution in [-0.2, 0) is 12.0 Å². The largest absolute Gasteiger partial charge is 0.389 e. The monoisotopic (exact) mass is 521 g/mol. The van der Waals surface area contributed by atoms with Gasteiger partial charge in [0.1, 0.15) is 0 Å². The van der Waals surface area contributed by atoms with Crippen LogP contribution in [0.1, 0.15) is 118 Å². The van der Waals surface area contributed by atoms with Crippen LogP contribution < -0.4 is 10.6 Å². The molecule has 2 amide bonds. The molecule has 2 aliphatic rings. The average molecular weight is 522 g/mol. The van der Waals surface area contributed by atoms with Crippen molar-refractivity contribution < 1.29 is 14.7 Å². The molecule has 6 nitrogen and oxygen atoms in total. The third-order valence-electron chi connectivity index (χ3n) is 8.13. The smallest absolute Gasteiger partial charge is 0.253 e. The van der Waals surface area contributed by atoms with Crippen molar-refractivity contribution in [3.63, 3.8) is 0 Å². The van der Waals surface area contributed by atoms with Gasteiger partial charge in [0.05, 0.1) is 11.2 Å². The average Bonchev–Trinajstić information content (AvgIpc) is 3.51. The van der Waals surface area contributed by atoms with Gasteiger partial charge in [-0.25, -0.2) is 0 Å². The highest BCUT2D eigenvalue weighted by molar-refractivity contribution is 5.98. The quantitative estimate of drug-likeness (QED) is 0.391. The third kappa shape index (κ3) is 6.88. The molecule has 2 aromatic rings. The van der Waals surface area contributed by atoms with Crippen LogP contribution in [0.15, 0.2) is 24.3 Å². The van der Waals surface area contributed by atoms with E-state index in [0.717, 1.165) is 36.3 Å². The van der Waals surface area contributed by atoms with E-state index < -0.39 is 5.60 Å². The Kier molecular flexibility index (Phi) is 7.86. The summed E-state index contributed by atoms with van der Waals surface area (Å²) in [5.74, 6) is 0.327. The summed E-state index contributed by atoms with van der Waals surface area (Å²) in [6, 6.07) is 8.25. The number of carbonyl (C=O) groups excluding carboxylic acids is 2. The summed E-state index contributed by atoms with van der Waals surface area (Å²) in [4.78, 5) is 26.6. The summed E-state index contributed by atoms with van der Waals surface area (Å²) in [5.41, 5.74) is 4.15. The van der Waals surface area contributed by atoms with Crippen LogP contribution >= 0.6 is 0 Å². The summed E-state index contributed by atoms with van der Waals surface area (Å²) < 4.78 is 2.30. The molecule has 0 bridgehead atoms. The van der Waals surface area contributed by atoms with Crippen molar-refractivity contribution >= 4 is 11.8 Å². The van der Waals surface area contributed by atoms with Gasteiger partial charge in [0.2, 0.25) is 0 Å². The Labute approximate surface area is 228 Å². The number of aliphatic hydroxyl groups is 1. The second-order valence-electron chi connectivity index (χ2n) is 13.7. The van der Waals surface area contributed by atoms with E-state index in [4.69, 9.17) is 0 Å². The van der Waals surface area contributed by atoms with Gasteiger partial charge in [0, 0.05) is 35.6 Å². The van der Waals surface area contributed by atoms with E-state index in [9.17, 15) is 14.7 Å². The van der Waals surface area contributed by atoms with Crippen molar-refractivity contribution in [3.05, 3.63) is 46.6 Å². The van der Waals surface area contributed by atoms with Crippen molar-refractivity contribution in [2.45, 2.75) is 117 Å². The molecule has 0 radical (unpaired) electrons. The molecule has 0 spiro atoms. The van der Waals surface area contributed by atoms with E-state index in [1.165, 1.54) is 37.7 Å². The van der Waals surface area contributed by atoms with Crippen molar-refractivity contribution in [2.24, 2.45) is 5.92 Å². The van der Waals surface area contributed by atoms with Gasteiger partial charge in [-0.2, -0.15) is 0 Å². The number of benzene rings is 1. The summed E-state index contributed by atoms with van der Waals surface area (Å²) >= 11 is 0. The molecule has 3 N–H and O–H groups in total. The first kappa shape index (κ1) is 28.4. The second-order valence-corrected chi connectivity index (χ2v) is 13.7. The zero-order valence-corrected chi connectivity index (χ0v) is 24.5. The van der Waals surface area contributed by atoms with Crippen LogP contribution in [0.2, 0.25) is 0 Å². The van der Waals surface area contributed by atoms with Gasteiger partial charge in [0.15, 0.2) is 0 Å². The lowest BCUT2D eigenvalue weighted by Gasteiger charge is -2.25. The zero-order valence-electron chi connectivity index (χ0n) is 24.5. The molecular formula is C32H47N3O3. The van der Waals surface area contributed by atoms with Crippen molar-refractivity contribution in [2.75, 3.05) is 6.54 Å². The fraction of sp³-hybridized carbons (Fsp3) is 0.625. The van der Waals surface area contributed by atoms with Crippen molar-refractivity contribution in [1.82, 2.24) is 15.2 Å². The molecule has 4 rings (SSSR count). The van der Waals surface area contributed by atoms with Gasteiger partial charge < -0.3 is 20.3 Å². The molecule has 6 heteroatoms. The number of rotatable bonds is 8. The van der Waals surface area contributed by atoms with Crippen LogP contribution in [0.4, 0.5) is 0 Å². The number of hydrogen-bond donors (Lipinski definition) is 3. The van der Waals surface area contributed by atoms with E-state index in [1.54, 1.807) is 13.8 Å². The summed E-state index contributed by atoms with van der Waals surface area (Å²) in [6.07, 6.45) is 8.44. The van der Waals surface area contributed by atoms with E-state index in [1.807, 2.05) is 39.8 Å². The second kappa shape index (κ2) is 10.5. The SMILES string of the molecule is Cc1c(C(=O)NCC(C)(C)O)cc(-c2cc(C(=O)NC(C)(C)C)cc(C3(C)CC3)c2)n1CC1CCCCC1. The Bertz CT molecular complexity index is 1190. The molecule has 0 aliphatic heterocycles. The standard InChI is InChI=1S/C32H47N3O3/c1-21-26(29(37)33-20-31(5,6)38)18-27(35(21)19-22-11-9-8-10-12-22)23-15-24(28(36)34-30(2,3)4)17-25(16-23)32(7)13-14-32/h15-18,22,38H,8-14,19-20H2,1-7H3,(H,33,37)(H,34,36). The van der Waals surface area contributed by atoms with E-state index in [2.05, 4.69) is 34.3 Å². The van der Waals surface area contributed by atoms with Crippen LogP contribution in [0.5, 0.6) is 0 Å². The lowest BCUT2D eigenvalue weighted by Crippen LogP contribution is -2.40. The van der Waals surface area contributed by atoms with Gasteiger partial charge in [-0.3, -0.25) is 9.59 Å². The maximum atomic E-state index is 13.3. The van der Waals surface area contributed by atoms with Crippen LogP contribution in [0.3, 0.4) is 0 Å². The summed E-state index contributed by atoms with van der Waals surface area (Å²) in [5, 5.41) is 16.2. The number of aromatic nitrogens is 1. The Morgan fingerprint density at radius 1 is 1.00 bits per heavy atom. The summed E-state index contributed by atoms with van der Waals surface area (Å²) in [7, 11) is 0. The highest BCUT2D eigenvalue weighted by Gasteiger charge is 2.40. The molecule has 2 fully saturated rings. The fourth-order valence-electron chi connectivity index (χ4n) is 5.51. The fourth-order valence-corrected chi connectivity index (χ4v) is 5.51. The molecule has 2 aliphatic carbocycles. The van der Waals surface area contributed by atoms with Crippen molar-refractivity contribution in [3.8, 4) is 11.3 Å². The van der Waals surface area contributed by atoms with Crippen LogP contribution in [-0.4, -0.2) is 39.2 Å². The number of carbonyl (C=O) groups is 2. The summed E-state index contributed by atoms with van der Waals surface area (Å²) in [6.45, 7) is 14.7. The predicted molar refractivity (Wildman–Crippen MR) is 154 cm³/mol. The minimum Gasteiger partial charge on any atom is -0.389 e. The highest BCUT2D eigenvalue weighted by atomic mass is 16.3. The minimum absolute atomic E-state index is 0.0740. The molecule has 38 heavy (non-hydrogen) atoms. The van der Waals surface area contributed by atoms with Gasteiger partial charge in [-0.15, -0.1) is 0 Å². The van der Waals surface area contributed by atoms with E-state index >= 15 is 0 Å². The van der Waals surface area contributed by atoms with Crippen molar-refractivity contribution in [1.29, 1.82) is 0 Å². The molecule has 0 unspecified atom stereocenters. The van der Waals surface area contributed by atoms with E-state index in [-0.39, 0.29) is 29.3 Å². The first-order chi connectivity index (χ1) is 17.7. The Morgan fingerprint density at radius 2 is 1.66 bits per heavy atom. The molecular weight excluding hydrogens is 474 g/mol. The molecule has 1 aromatic carbocycles. The zero-order chi connectivity index (χ0) is 27.9. The molecule has 0 atom stereocenters. The predicted octanol–water partition coefficient (Wildman–Crippen LogP) is 6.12. The van der Waals surface area contributed by atoms with Gasteiger partial charge >= 0.3 is 0 Å². The number of amides is 2. The Balaban J connectivity index is 1.79. The van der Waals surface area contributed by atoms with Crippen LogP contribution in [0.25, 0.3) is 11.3 Å². The molecule has 1 aromatic heterocycles. The maximum absolute atomic E-state index is 13.3. The van der Waals surface area contributed by atoms with E-state index in [0.29, 0.717) is 17.0 Å². The van der Waals surface area contributed by atoms with Crippen LogP contribution in [0, 0.1) is 12.8 Å². The topological polar surface area (TPSA) is 83.4 Å². The molecule has 0 saturated heterocycles. The Hall–Kier alpha value is -2.60. The first-order valence-corrected chi connectivity index (χ1v) is 14.3. The highest BCUT2D eigenvalue weighted by Crippen LogP contribution is 2.48. The number of nitrogens with zero attached hydrogens (tertiary/aromatic N) is 1. The first-order valence-electron chi connectivity index (χ1n) is 14.3. The number of nitrogens with one attached hydrogen (secondary N) is 2. The number of hydrogen-bond acceptors (Lipinski definition) is 3. The van der Waals surface area contributed by atoms with Gasteiger partial charge in [-0.1, -0.05) is 26.2 Å². The Morgan fingerprint density at radius 3 is 2.24 bits per heavy atom. The lowest BCUT2D eigenvalue weighted by molar-refractivity contribution is 0.0694. The molecule has 2 saturated carbocycles. The third-order valence-corrected chi connectivity index (χ3v) is 8.13. The van der Waals surface area contributed by atoms with Gasteiger partial charge in [0.25, 0.3) is 11.8 Å². The normalized spacial score (nSPS) is 17.8.